The minimum absolute atomic E-state index is 0.214. The SMILES string of the molecule is CC[C@@](C(=O)O)(C(=O)NC)c1ccccc1. The molecule has 0 saturated heterocycles. The molecule has 1 aromatic carbocycles. The Bertz CT molecular complexity index is 389. The first-order valence-corrected chi connectivity index (χ1v) is 5.10. The number of carbonyl (C=O) groups excluding carboxylic acids is 1. The van der Waals surface area contributed by atoms with Crippen molar-refractivity contribution >= 4 is 11.9 Å². The molecule has 0 aliphatic carbocycles. The van der Waals surface area contributed by atoms with E-state index in [-0.39, 0.29) is 6.42 Å². The molecule has 0 aliphatic rings. The highest BCUT2D eigenvalue weighted by Gasteiger charge is 2.45. The number of benzene rings is 1. The molecule has 0 saturated carbocycles. The molecule has 0 spiro atoms. The van der Waals surface area contributed by atoms with Gasteiger partial charge in [-0.3, -0.25) is 9.59 Å². The van der Waals surface area contributed by atoms with Crippen LogP contribution in [-0.2, 0) is 15.0 Å². The third-order valence-electron chi connectivity index (χ3n) is 2.78. The predicted molar refractivity (Wildman–Crippen MR) is 60.1 cm³/mol. The highest BCUT2D eigenvalue weighted by Crippen LogP contribution is 2.28. The number of nitrogens with one attached hydrogen (secondary N) is 1. The lowest BCUT2D eigenvalue weighted by molar-refractivity contribution is -0.149. The third-order valence-corrected chi connectivity index (χ3v) is 2.78. The molecule has 0 fully saturated rings. The van der Waals surface area contributed by atoms with Crippen LogP contribution in [-0.4, -0.2) is 24.0 Å². The van der Waals surface area contributed by atoms with Crippen LogP contribution in [0.3, 0.4) is 0 Å². The Labute approximate surface area is 94.3 Å². The lowest BCUT2D eigenvalue weighted by atomic mass is 9.77. The topological polar surface area (TPSA) is 66.4 Å². The zero-order valence-electron chi connectivity index (χ0n) is 9.36. The Morgan fingerprint density at radius 2 is 1.88 bits per heavy atom. The molecule has 0 aromatic heterocycles. The highest BCUT2D eigenvalue weighted by atomic mass is 16.4. The van der Waals surface area contributed by atoms with Crippen LogP contribution in [0.25, 0.3) is 0 Å². The van der Waals surface area contributed by atoms with Crippen molar-refractivity contribution in [2.24, 2.45) is 0 Å². The van der Waals surface area contributed by atoms with Gasteiger partial charge in [0.2, 0.25) is 5.91 Å². The summed E-state index contributed by atoms with van der Waals surface area (Å²) >= 11 is 0. The van der Waals surface area contributed by atoms with Crippen molar-refractivity contribution in [3.8, 4) is 0 Å². The first-order valence-electron chi connectivity index (χ1n) is 5.10. The summed E-state index contributed by atoms with van der Waals surface area (Å²) in [6.45, 7) is 1.69. The summed E-state index contributed by atoms with van der Waals surface area (Å²) in [6.07, 6.45) is 0.214. The van der Waals surface area contributed by atoms with Gasteiger partial charge in [0.05, 0.1) is 0 Å². The minimum Gasteiger partial charge on any atom is -0.480 e. The minimum atomic E-state index is -1.49. The molecule has 0 bridgehead atoms. The molecule has 4 heteroatoms. The van der Waals surface area contributed by atoms with Crippen molar-refractivity contribution in [2.75, 3.05) is 7.05 Å². The van der Waals surface area contributed by atoms with Crippen molar-refractivity contribution in [3.63, 3.8) is 0 Å². The first kappa shape index (κ1) is 12.2. The van der Waals surface area contributed by atoms with E-state index < -0.39 is 17.3 Å². The van der Waals surface area contributed by atoms with E-state index in [1.165, 1.54) is 7.05 Å². The Hall–Kier alpha value is -1.84. The Morgan fingerprint density at radius 3 is 2.25 bits per heavy atom. The average molecular weight is 221 g/mol. The summed E-state index contributed by atoms with van der Waals surface area (Å²) in [7, 11) is 1.44. The van der Waals surface area contributed by atoms with Gasteiger partial charge in [0, 0.05) is 7.05 Å². The zero-order valence-corrected chi connectivity index (χ0v) is 9.36. The number of carboxylic acids is 1. The average Bonchev–Trinajstić information content (AvgIpc) is 2.31. The smallest absolute Gasteiger partial charge is 0.323 e. The molecule has 86 valence electrons. The number of carbonyl (C=O) groups is 2. The standard InChI is InChI=1S/C12H15NO3/c1-3-12(11(15)16,10(14)13-2)9-7-5-4-6-8-9/h4-8H,3H2,1-2H3,(H,13,14)(H,15,16)/t12-/m0/s1. The summed E-state index contributed by atoms with van der Waals surface area (Å²) < 4.78 is 0. The van der Waals surface area contributed by atoms with Gasteiger partial charge in [0.25, 0.3) is 0 Å². The van der Waals surface area contributed by atoms with E-state index in [9.17, 15) is 14.7 Å². The number of hydrogen-bond donors (Lipinski definition) is 2. The summed E-state index contributed by atoms with van der Waals surface area (Å²) in [5.41, 5.74) is -0.986. The molecule has 0 aliphatic heterocycles. The molecule has 1 rings (SSSR count). The molecule has 2 N–H and O–H groups in total. The third kappa shape index (κ3) is 1.78. The van der Waals surface area contributed by atoms with Crippen LogP contribution in [0.4, 0.5) is 0 Å². The second-order valence-electron chi connectivity index (χ2n) is 3.51. The summed E-state index contributed by atoms with van der Waals surface area (Å²) in [5, 5.41) is 11.7. The molecule has 16 heavy (non-hydrogen) atoms. The van der Waals surface area contributed by atoms with Crippen LogP contribution in [0.2, 0.25) is 0 Å². The van der Waals surface area contributed by atoms with E-state index in [0.29, 0.717) is 5.56 Å². The predicted octanol–water partition coefficient (Wildman–Crippen LogP) is 1.16. The molecular weight excluding hydrogens is 206 g/mol. The molecule has 1 aromatic rings. The fourth-order valence-electron chi connectivity index (χ4n) is 1.80. The van der Waals surface area contributed by atoms with Crippen molar-refractivity contribution in [2.45, 2.75) is 18.8 Å². The molecule has 0 radical (unpaired) electrons. The number of rotatable bonds is 4. The number of hydrogen-bond acceptors (Lipinski definition) is 2. The number of amides is 1. The number of likely N-dealkylation sites (N-methyl/N-ethyl adjacent to an activating group) is 1. The summed E-state index contributed by atoms with van der Waals surface area (Å²) in [5.74, 6) is -1.62. The maximum atomic E-state index is 11.8. The van der Waals surface area contributed by atoms with Gasteiger partial charge in [-0.1, -0.05) is 37.3 Å². The Balaban J connectivity index is 3.35. The Kier molecular flexibility index (Phi) is 3.66. The molecule has 4 nitrogen and oxygen atoms in total. The second kappa shape index (κ2) is 4.79. The van der Waals surface area contributed by atoms with Gasteiger partial charge in [0.15, 0.2) is 5.41 Å². The van der Waals surface area contributed by atoms with E-state index >= 15 is 0 Å². The van der Waals surface area contributed by atoms with Crippen molar-refractivity contribution in [1.82, 2.24) is 5.32 Å². The maximum absolute atomic E-state index is 11.8. The van der Waals surface area contributed by atoms with E-state index in [4.69, 9.17) is 0 Å². The molecule has 0 unspecified atom stereocenters. The Morgan fingerprint density at radius 1 is 1.31 bits per heavy atom. The van der Waals surface area contributed by atoms with E-state index in [0.717, 1.165) is 0 Å². The van der Waals surface area contributed by atoms with Crippen LogP contribution < -0.4 is 5.32 Å². The van der Waals surface area contributed by atoms with Crippen molar-refractivity contribution in [1.29, 1.82) is 0 Å². The lowest BCUT2D eigenvalue weighted by Gasteiger charge is -2.26. The van der Waals surface area contributed by atoms with Crippen LogP contribution >= 0.6 is 0 Å². The zero-order chi connectivity index (χ0) is 12.2. The van der Waals surface area contributed by atoms with Crippen LogP contribution in [0.1, 0.15) is 18.9 Å². The lowest BCUT2D eigenvalue weighted by Crippen LogP contribution is -2.48. The fourth-order valence-corrected chi connectivity index (χ4v) is 1.80. The normalized spacial score (nSPS) is 13.9. The number of aliphatic carboxylic acids is 1. The van der Waals surface area contributed by atoms with Gasteiger partial charge in [-0.25, -0.2) is 0 Å². The van der Waals surface area contributed by atoms with Crippen molar-refractivity contribution in [3.05, 3.63) is 35.9 Å². The van der Waals surface area contributed by atoms with Gasteiger partial charge in [-0.15, -0.1) is 0 Å². The fraction of sp³-hybridized carbons (Fsp3) is 0.333. The second-order valence-corrected chi connectivity index (χ2v) is 3.51. The molecular formula is C12H15NO3. The van der Waals surface area contributed by atoms with Crippen molar-refractivity contribution < 1.29 is 14.7 Å². The number of carboxylic acid groups (broad SMARTS) is 1. The quantitative estimate of drug-likeness (QED) is 0.750. The molecule has 1 atom stereocenters. The van der Waals surface area contributed by atoms with E-state index in [2.05, 4.69) is 5.32 Å². The summed E-state index contributed by atoms with van der Waals surface area (Å²) in [6, 6.07) is 8.56. The highest BCUT2D eigenvalue weighted by molar-refractivity contribution is 6.07. The van der Waals surface area contributed by atoms with Gasteiger partial charge in [-0.2, -0.15) is 0 Å². The maximum Gasteiger partial charge on any atom is 0.323 e. The molecule has 1 amide bonds. The van der Waals surface area contributed by atoms with Gasteiger partial charge in [0.1, 0.15) is 0 Å². The summed E-state index contributed by atoms with van der Waals surface area (Å²) in [4.78, 5) is 23.2. The largest absolute Gasteiger partial charge is 0.480 e. The monoisotopic (exact) mass is 221 g/mol. The van der Waals surface area contributed by atoms with Crippen LogP contribution in [0.15, 0.2) is 30.3 Å². The van der Waals surface area contributed by atoms with Crippen LogP contribution in [0.5, 0.6) is 0 Å². The molecule has 0 heterocycles. The van der Waals surface area contributed by atoms with Crippen LogP contribution in [0, 0.1) is 0 Å². The van der Waals surface area contributed by atoms with Gasteiger partial charge < -0.3 is 10.4 Å². The van der Waals surface area contributed by atoms with E-state index in [1.807, 2.05) is 0 Å². The van der Waals surface area contributed by atoms with Gasteiger partial charge in [-0.05, 0) is 12.0 Å². The van der Waals surface area contributed by atoms with E-state index in [1.54, 1.807) is 37.3 Å². The first-order chi connectivity index (χ1) is 7.59. The van der Waals surface area contributed by atoms with Gasteiger partial charge >= 0.3 is 5.97 Å².